The van der Waals surface area contributed by atoms with Gasteiger partial charge in [0.1, 0.15) is 40.4 Å². The van der Waals surface area contributed by atoms with Gasteiger partial charge in [-0.15, -0.1) is 0 Å². The van der Waals surface area contributed by atoms with Crippen LogP contribution in [0.5, 0.6) is 17.2 Å². The number of carbonyl (C=O) groups is 2. The number of ether oxygens (including phenoxy) is 3. The van der Waals surface area contributed by atoms with E-state index in [2.05, 4.69) is 36.4 Å². The molecule has 0 bridgehead atoms. The van der Waals surface area contributed by atoms with E-state index in [1.807, 2.05) is 36.4 Å². The van der Waals surface area contributed by atoms with Gasteiger partial charge in [0.2, 0.25) is 0 Å². The smallest absolute Gasteiger partial charge is 0.261 e. The molecule has 8 heteroatoms. The summed E-state index contributed by atoms with van der Waals surface area (Å²) >= 11 is 0. The molecule has 1 heterocycles. The lowest BCUT2D eigenvalue weighted by Crippen LogP contribution is -3.00. The summed E-state index contributed by atoms with van der Waals surface area (Å²) in [6, 6.07) is 31.3. The number of carbonyl (C=O) groups excluding carboxylic acids is 2. The summed E-state index contributed by atoms with van der Waals surface area (Å²) in [6.07, 6.45) is 0.573. The summed E-state index contributed by atoms with van der Waals surface area (Å²) in [4.78, 5) is 27.9. The molecule has 0 radical (unpaired) electrons. The van der Waals surface area contributed by atoms with Gasteiger partial charge in [-0.05, 0) is 84.9 Å². The van der Waals surface area contributed by atoms with E-state index in [0.717, 1.165) is 33.2 Å². The monoisotopic (exact) mass is 605 g/mol. The molecule has 200 valence electrons. The van der Waals surface area contributed by atoms with Gasteiger partial charge < -0.3 is 31.2 Å². The number of amides is 2. The molecule has 2 amide bonds. The van der Waals surface area contributed by atoms with E-state index in [-0.39, 0.29) is 35.3 Å². The predicted octanol–water partition coefficient (Wildman–Crippen LogP) is 1.31. The summed E-state index contributed by atoms with van der Waals surface area (Å²) in [7, 11) is 2.58. The Hall–Kier alpha value is -3.67. The van der Waals surface area contributed by atoms with E-state index in [4.69, 9.17) is 14.2 Å². The van der Waals surface area contributed by atoms with E-state index >= 15 is 0 Å². The van der Waals surface area contributed by atoms with Crippen molar-refractivity contribution in [3.05, 3.63) is 108 Å². The molecular formula is C31H29BrNO5P. The fraction of sp³-hybridized carbons (Fsp3) is 0.161. The second-order valence-corrected chi connectivity index (χ2v) is 12.6. The average Bonchev–Trinajstić information content (AvgIpc) is 3.23. The molecule has 5 rings (SSSR count). The van der Waals surface area contributed by atoms with Crippen LogP contribution >= 0.6 is 7.26 Å². The van der Waals surface area contributed by atoms with E-state index in [1.54, 1.807) is 45.6 Å². The van der Waals surface area contributed by atoms with Crippen LogP contribution in [-0.2, 0) is 0 Å². The van der Waals surface area contributed by atoms with Crippen LogP contribution in [0.4, 0.5) is 0 Å². The molecule has 0 saturated carbocycles. The van der Waals surface area contributed by atoms with Crippen molar-refractivity contribution in [2.75, 3.05) is 34.0 Å². The van der Waals surface area contributed by atoms with Gasteiger partial charge in [0.05, 0.1) is 45.2 Å². The molecule has 0 fully saturated rings. The SMILES string of the molecule is COc1ccc([P+](CCN2C(=O)c3ccccc3C2=O)(c2ccc(OC)cc2)c2ccc(OC)cc2)cc1.[Br-]. The van der Waals surface area contributed by atoms with Crippen LogP contribution in [0.3, 0.4) is 0 Å². The van der Waals surface area contributed by atoms with Gasteiger partial charge >= 0.3 is 0 Å². The van der Waals surface area contributed by atoms with E-state index in [9.17, 15) is 9.59 Å². The van der Waals surface area contributed by atoms with Crippen LogP contribution in [0.15, 0.2) is 97.1 Å². The molecule has 0 spiro atoms. The average molecular weight is 606 g/mol. The number of rotatable bonds is 9. The van der Waals surface area contributed by atoms with Crippen LogP contribution in [0.1, 0.15) is 20.7 Å². The second-order valence-electron chi connectivity index (χ2n) is 8.93. The second kappa shape index (κ2) is 12.0. The third-order valence-corrected chi connectivity index (χ3v) is 11.5. The highest BCUT2D eigenvalue weighted by Gasteiger charge is 2.47. The summed E-state index contributed by atoms with van der Waals surface area (Å²) in [5.41, 5.74) is 0.916. The van der Waals surface area contributed by atoms with E-state index < -0.39 is 7.26 Å². The standard InChI is InChI=1S/C31H29NO5P.BrH/c1-35-22-8-14-25(15-9-22)38(26-16-10-23(36-2)11-17-26,27-18-12-24(37-3)13-19-27)21-20-32-30(33)28-6-4-5-7-29(28)31(32)34;/h4-19H,20-21H2,1-3H3;1H/q+1;/p-1. The molecule has 39 heavy (non-hydrogen) atoms. The molecule has 0 N–H and O–H groups in total. The van der Waals surface area contributed by atoms with Crippen molar-refractivity contribution < 1.29 is 40.8 Å². The normalized spacial score (nSPS) is 12.5. The molecule has 1 aliphatic heterocycles. The van der Waals surface area contributed by atoms with Crippen molar-refractivity contribution in [3.63, 3.8) is 0 Å². The van der Waals surface area contributed by atoms with Crippen LogP contribution in [0.25, 0.3) is 0 Å². The Morgan fingerprint density at radius 1 is 0.564 bits per heavy atom. The zero-order chi connectivity index (χ0) is 26.7. The molecular weight excluding hydrogens is 577 g/mol. The van der Waals surface area contributed by atoms with Gasteiger partial charge in [-0.3, -0.25) is 14.5 Å². The van der Waals surface area contributed by atoms with Gasteiger partial charge in [0, 0.05) is 0 Å². The quantitative estimate of drug-likeness (QED) is 0.213. The fourth-order valence-electron chi connectivity index (χ4n) is 5.04. The maximum absolute atomic E-state index is 13.3. The first-order valence-electron chi connectivity index (χ1n) is 12.3. The molecule has 4 aromatic carbocycles. The number of imide groups is 1. The lowest BCUT2D eigenvalue weighted by Gasteiger charge is -2.29. The number of halogens is 1. The Bertz CT molecular complexity index is 1310. The van der Waals surface area contributed by atoms with Gasteiger partial charge in [0.15, 0.2) is 0 Å². The van der Waals surface area contributed by atoms with Crippen LogP contribution in [0, 0.1) is 0 Å². The summed E-state index contributed by atoms with van der Waals surface area (Å²) in [5, 5.41) is 3.35. The number of hydrogen-bond acceptors (Lipinski definition) is 5. The lowest BCUT2D eigenvalue weighted by molar-refractivity contribution is -0.0000314. The van der Waals surface area contributed by atoms with Crippen molar-refractivity contribution in [3.8, 4) is 17.2 Å². The van der Waals surface area contributed by atoms with Crippen molar-refractivity contribution >= 4 is 35.0 Å². The molecule has 0 aromatic heterocycles. The third kappa shape index (κ3) is 5.17. The van der Waals surface area contributed by atoms with E-state index in [1.165, 1.54) is 4.90 Å². The number of benzene rings is 4. The van der Waals surface area contributed by atoms with Gasteiger partial charge in [-0.1, -0.05) is 12.1 Å². The fourth-order valence-corrected chi connectivity index (χ4v) is 9.18. The topological polar surface area (TPSA) is 65.1 Å². The molecule has 0 unspecified atom stereocenters. The molecule has 1 aliphatic rings. The zero-order valence-corrected chi connectivity index (χ0v) is 24.4. The minimum Gasteiger partial charge on any atom is -1.00 e. The zero-order valence-electron chi connectivity index (χ0n) is 22.0. The van der Waals surface area contributed by atoms with Crippen LogP contribution in [-0.4, -0.2) is 50.8 Å². The molecule has 0 saturated heterocycles. The molecule has 0 atom stereocenters. The maximum Gasteiger partial charge on any atom is 0.261 e. The highest BCUT2D eigenvalue weighted by molar-refractivity contribution is 7.95. The third-order valence-electron chi connectivity index (χ3n) is 7.08. The first kappa shape index (κ1) is 28.3. The van der Waals surface area contributed by atoms with Crippen LogP contribution in [0.2, 0.25) is 0 Å². The number of hydrogen-bond donors (Lipinski definition) is 0. The number of nitrogens with zero attached hydrogens (tertiary/aromatic N) is 1. The summed E-state index contributed by atoms with van der Waals surface area (Å²) in [6.45, 7) is 0.282. The Kier molecular flexibility index (Phi) is 8.73. The highest BCUT2D eigenvalue weighted by Crippen LogP contribution is 2.56. The van der Waals surface area contributed by atoms with Crippen LogP contribution < -0.4 is 47.1 Å². The van der Waals surface area contributed by atoms with Crippen molar-refractivity contribution in [1.82, 2.24) is 4.90 Å². The highest BCUT2D eigenvalue weighted by atomic mass is 79.9. The van der Waals surface area contributed by atoms with Crippen molar-refractivity contribution in [2.24, 2.45) is 0 Å². The van der Waals surface area contributed by atoms with Crippen molar-refractivity contribution in [1.29, 1.82) is 0 Å². The Morgan fingerprint density at radius 2 is 0.897 bits per heavy atom. The van der Waals surface area contributed by atoms with Gasteiger partial charge in [-0.25, -0.2) is 0 Å². The summed E-state index contributed by atoms with van der Waals surface area (Å²) < 4.78 is 16.3. The number of methoxy groups -OCH3 is 3. The predicted molar refractivity (Wildman–Crippen MR) is 151 cm³/mol. The molecule has 0 aliphatic carbocycles. The molecule has 4 aromatic rings. The number of fused-ring (bicyclic) bond motifs is 1. The summed E-state index contributed by atoms with van der Waals surface area (Å²) in [5.74, 6) is 1.79. The first-order chi connectivity index (χ1) is 18.5. The Labute approximate surface area is 239 Å². The minimum atomic E-state index is -2.36. The molecule has 6 nitrogen and oxygen atoms in total. The van der Waals surface area contributed by atoms with E-state index in [0.29, 0.717) is 17.3 Å². The maximum atomic E-state index is 13.3. The Morgan fingerprint density at radius 3 is 1.21 bits per heavy atom. The van der Waals surface area contributed by atoms with Gasteiger partial charge in [0.25, 0.3) is 11.8 Å². The Balaban J connectivity index is 0.00000353. The minimum absolute atomic E-state index is 0. The lowest BCUT2D eigenvalue weighted by atomic mass is 10.1. The van der Waals surface area contributed by atoms with Gasteiger partial charge in [-0.2, -0.15) is 0 Å². The van der Waals surface area contributed by atoms with Crippen molar-refractivity contribution in [2.45, 2.75) is 0 Å². The first-order valence-corrected chi connectivity index (χ1v) is 14.3. The largest absolute Gasteiger partial charge is 1.00 e.